The molecule has 7 nitrogen and oxygen atoms in total. The number of fused-ring (bicyclic) bond motifs is 1. The minimum Gasteiger partial charge on any atom is -0.396 e. The number of anilines is 2. The van der Waals surface area contributed by atoms with Crippen LogP contribution in [0, 0.1) is 5.82 Å². The molecule has 3 aromatic rings. The highest BCUT2D eigenvalue weighted by Crippen LogP contribution is 2.31. The topological polar surface area (TPSA) is 116 Å². The second-order valence-corrected chi connectivity index (χ2v) is 6.01. The predicted octanol–water partition coefficient (Wildman–Crippen LogP) is 1.57. The Labute approximate surface area is 131 Å². The molecular weight excluding hydrogens is 299 g/mol. The lowest BCUT2D eigenvalue weighted by atomic mass is 10.1. The maximum absolute atomic E-state index is 13.8. The molecule has 0 saturated heterocycles. The first kappa shape index (κ1) is 15.2. The van der Waals surface area contributed by atoms with Crippen molar-refractivity contribution in [3.8, 4) is 11.3 Å². The molecule has 0 aliphatic heterocycles. The molecule has 0 spiro atoms. The molecule has 0 atom stereocenters. The summed E-state index contributed by atoms with van der Waals surface area (Å²) in [7, 11) is 0. The monoisotopic (exact) mass is 316 g/mol. The number of hydrogen-bond acceptors (Lipinski definition) is 6. The van der Waals surface area contributed by atoms with Crippen molar-refractivity contribution in [2.75, 3.05) is 11.5 Å². The van der Waals surface area contributed by atoms with Crippen LogP contribution in [0.2, 0.25) is 0 Å². The van der Waals surface area contributed by atoms with Gasteiger partial charge in [0.15, 0.2) is 5.65 Å². The van der Waals surface area contributed by atoms with Gasteiger partial charge < -0.3 is 16.6 Å². The zero-order chi connectivity index (χ0) is 16.8. The van der Waals surface area contributed by atoms with Gasteiger partial charge in [0, 0.05) is 5.56 Å². The van der Waals surface area contributed by atoms with Crippen molar-refractivity contribution >= 4 is 22.5 Å². The summed E-state index contributed by atoms with van der Waals surface area (Å²) in [5, 5.41) is 15.0. The van der Waals surface area contributed by atoms with E-state index in [1.165, 1.54) is 23.1 Å². The molecule has 5 N–H and O–H groups in total. The van der Waals surface area contributed by atoms with Gasteiger partial charge in [0.1, 0.15) is 23.7 Å². The highest BCUT2D eigenvalue weighted by Gasteiger charge is 2.22. The maximum Gasteiger partial charge on any atom is 0.164 e. The van der Waals surface area contributed by atoms with E-state index in [1.807, 2.05) is 0 Å². The van der Waals surface area contributed by atoms with Gasteiger partial charge in [-0.3, -0.25) is 0 Å². The van der Waals surface area contributed by atoms with Gasteiger partial charge in [0.25, 0.3) is 0 Å². The number of rotatable bonds is 3. The van der Waals surface area contributed by atoms with Gasteiger partial charge in [0.2, 0.25) is 0 Å². The molecule has 3 rings (SSSR count). The number of aliphatic hydroxyl groups is 1. The zero-order valence-corrected chi connectivity index (χ0v) is 12.8. The minimum atomic E-state index is -0.998. The first-order valence-corrected chi connectivity index (χ1v) is 7.01. The van der Waals surface area contributed by atoms with Gasteiger partial charge in [-0.1, -0.05) is 6.07 Å². The lowest BCUT2D eigenvalue weighted by Crippen LogP contribution is -2.26. The van der Waals surface area contributed by atoms with Crippen LogP contribution in [0.15, 0.2) is 24.5 Å². The molecule has 0 saturated carbocycles. The minimum absolute atomic E-state index is 0.0539. The highest BCUT2D eigenvalue weighted by atomic mass is 19.1. The van der Waals surface area contributed by atoms with Crippen LogP contribution in [0.4, 0.5) is 15.9 Å². The molecule has 0 bridgehead atoms. The van der Waals surface area contributed by atoms with Gasteiger partial charge >= 0.3 is 0 Å². The first-order valence-electron chi connectivity index (χ1n) is 7.01. The lowest BCUT2D eigenvalue weighted by Gasteiger charge is -2.16. The zero-order valence-electron chi connectivity index (χ0n) is 12.8. The van der Waals surface area contributed by atoms with E-state index in [2.05, 4.69) is 15.1 Å². The van der Waals surface area contributed by atoms with Crippen LogP contribution in [-0.4, -0.2) is 30.5 Å². The van der Waals surface area contributed by atoms with E-state index in [1.54, 1.807) is 19.9 Å². The molecule has 0 amide bonds. The first-order chi connectivity index (χ1) is 10.8. The second kappa shape index (κ2) is 5.17. The summed E-state index contributed by atoms with van der Waals surface area (Å²) in [6.07, 6.45) is 1.33. The van der Waals surface area contributed by atoms with Crippen molar-refractivity contribution in [1.82, 2.24) is 19.7 Å². The summed E-state index contributed by atoms with van der Waals surface area (Å²) < 4.78 is 15.3. The maximum atomic E-state index is 13.8. The Morgan fingerprint density at radius 2 is 2.00 bits per heavy atom. The molecule has 0 unspecified atom stereocenters. The van der Waals surface area contributed by atoms with E-state index in [9.17, 15) is 9.50 Å². The summed E-state index contributed by atoms with van der Waals surface area (Å²) in [4.78, 5) is 8.17. The Kier molecular flexibility index (Phi) is 3.41. The van der Waals surface area contributed by atoms with Crippen molar-refractivity contribution in [1.29, 1.82) is 0 Å². The van der Waals surface area contributed by atoms with E-state index < -0.39 is 11.4 Å². The molecule has 0 radical (unpaired) electrons. The molecule has 1 aromatic carbocycles. The molecule has 2 heterocycles. The summed E-state index contributed by atoms with van der Waals surface area (Å²) in [5.74, 6) is -0.299. The van der Waals surface area contributed by atoms with E-state index in [-0.39, 0.29) is 18.1 Å². The average Bonchev–Trinajstić information content (AvgIpc) is 2.80. The number of halogens is 1. The van der Waals surface area contributed by atoms with Crippen LogP contribution >= 0.6 is 0 Å². The quantitative estimate of drug-likeness (QED) is 0.632. The summed E-state index contributed by atoms with van der Waals surface area (Å²) >= 11 is 0. The van der Waals surface area contributed by atoms with Crippen LogP contribution in [0.1, 0.15) is 13.8 Å². The van der Waals surface area contributed by atoms with Crippen LogP contribution in [0.25, 0.3) is 22.3 Å². The molecule has 23 heavy (non-hydrogen) atoms. The number of nitrogen functional groups attached to an aromatic ring is 2. The normalized spacial score (nSPS) is 12.0. The fraction of sp³-hybridized carbons (Fsp3) is 0.267. The second-order valence-electron chi connectivity index (χ2n) is 6.01. The number of nitrogens with two attached hydrogens (primary N) is 2. The van der Waals surface area contributed by atoms with Gasteiger partial charge in [-0.2, -0.15) is 5.10 Å². The fourth-order valence-electron chi connectivity index (χ4n) is 2.38. The van der Waals surface area contributed by atoms with Crippen LogP contribution in [0.5, 0.6) is 0 Å². The largest absolute Gasteiger partial charge is 0.396 e. The molecule has 2 aromatic heterocycles. The third-order valence-corrected chi connectivity index (χ3v) is 3.37. The Balaban J connectivity index is 2.26. The molecule has 8 heteroatoms. The van der Waals surface area contributed by atoms with Crippen LogP contribution in [-0.2, 0) is 6.54 Å². The van der Waals surface area contributed by atoms with E-state index in [0.717, 1.165) is 0 Å². The van der Waals surface area contributed by atoms with E-state index >= 15 is 0 Å². The number of nitrogens with zero attached hydrogens (tertiary/aromatic N) is 4. The van der Waals surface area contributed by atoms with Gasteiger partial charge in [-0.25, -0.2) is 19.0 Å². The Morgan fingerprint density at radius 1 is 1.26 bits per heavy atom. The molecule has 120 valence electrons. The number of hydrogen-bond donors (Lipinski definition) is 3. The third kappa shape index (κ3) is 2.80. The highest BCUT2D eigenvalue weighted by molar-refractivity contribution is 5.98. The van der Waals surface area contributed by atoms with Gasteiger partial charge in [-0.05, 0) is 26.0 Å². The number of benzene rings is 1. The van der Waals surface area contributed by atoms with Crippen LogP contribution < -0.4 is 11.5 Å². The fourth-order valence-corrected chi connectivity index (χ4v) is 2.38. The molecular formula is C15H17FN6O. The third-order valence-electron chi connectivity index (χ3n) is 3.37. The Morgan fingerprint density at radius 3 is 2.65 bits per heavy atom. The average molecular weight is 316 g/mol. The Hall–Kier alpha value is -2.74. The van der Waals surface area contributed by atoms with Crippen molar-refractivity contribution in [2.24, 2.45) is 0 Å². The van der Waals surface area contributed by atoms with Crippen LogP contribution in [0.3, 0.4) is 0 Å². The summed E-state index contributed by atoms with van der Waals surface area (Å²) in [6, 6.07) is 4.41. The summed E-state index contributed by atoms with van der Waals surface area (Å²) in [6.45, 7) is 3.53. The van der Waals surface area contributed by atoms with Gasteiger partial charge in [-0.15, -0.1) is 0 Å². The number of aromatic nitrogens is 4. The summed E-state index contributed by atoms with van der Waals surface area (Å²) in [5.41, 5.74) is 12.0. The predicted molar refractivity (Wildman–Crippen MR) is 85.8 cm³/mol. The van der Waals surface area contributed by atoms with E-state index in [4.69, 9.17) is 11.5 Å². The Bertz CT molecular complexity index is 884. The van der Waals surface area contributed by atoms with Gasteiger partial charge in [0.05, 0.1) is 23.2 Å². The van der Waals surface area contributed by atoms with Crippen molar-refractivity contribution in [3.63, 3.8) is 0 Å². The van der Waals surface area contributed by atoms with Crippen molar-refractivity contribution < 1.29 is 9.50 Å². The molecule has 0 aliphatic carbocycles. The standard InChI is InChI=1S/C15H17FN6O/c1-15(2,23)6-22-14-11(13(18)19-7-20-14)12(21-22)8-3-4-10(17)9(16)5-8/h3-5,7,23H,6,17H2,1-2H3,(H2,18,19,20). The SMILES string of the molecule is CC(C)(O)Cn1nc(-c2ccc(N)c(F)c2)c2c(N)ncnc21. The van der Waals surface area contributed by atoms with Crippen molar-refractivity contribution in [3.05, 3.63) is 30.3 Å². The lowest BCUT2D eigenvalue weighted by molar-refractivity contribution is 0.0590. The molecule has 0 fully saturated rings. The smallest absolute Gasteiger partial charge is 0.164 e. The molecule has 0 aliphatic rings. The van der Waals surface area contributed by atoms with E-state index in [0.29, 0.717) is 22.3 Å². The van der Waals surface area contributed by atoms with Crippen molar-refractivity contribution in [2.45, 2.75) is 26.0 Å².